The molecule has 3 rings (SSSR count). The summed E-state index contributed by atoms with van der Waals surface area (Å²) in [6.07, 6.45) is 4.48. The van der Waals surface area contributed by atoms with E-state index in [0.717, 1.165) is 31.7 Å². The highest BCUT2D eigenvalue weighted by Gasteiger charge is 2.25. The van der Waals surface area contributed by atoms with Gasteiger partial charge in [0.05, 0.1) is 12.3 Å². The lowest BCUT2D eigenvalue weighted by atomic mass is 9.91. The summed E-state index contributed by atoms with van der Waals surface area (Å²) in [5.74, 6) is 1.07. The van der Waals surface area contributed by atoms with Crippen molar-refractivity contribution in [2.45, 2.75) is 19.8 Å². The number of benzene rings is 1. The molecule has 0 amide bonds. The zero-order valence-corrected chi connectivity index (χ0v) is 9.92. The molecular formula is C14H17NO. The Kier molecular flexibility index (Phi) is 2.16. The van der Waals surface area contributed by atoms with Crippen LogP contribution in [-0.2, 0) is 6.42 Å². The highest BCUT2D eigenvalue weighted by atomic mass is 16.5. The smallest absolute Gasteiger partial charge is 0.128 e. The molecule has 2 heterocycles. The van der Waals surface area contributed by atoms with E-state index >= 15 is 0 Å². The predicted octanol–water partition coefficient (Wildman–Crippen LogP) is 2.86. The summed E-state index contributed by atoms with van der Waals surface area (Å²) in [6.45, 7) is 4.07. The molecule has 2 heteroatoms. The second-order valence-electron chi connectivity index (χ2n) is 4.51. The molecule has 0 radical (unpaired) electrons. The lowest BCUT2D eigenvalue weighted by Gasteiger charge is -2.33. The highest BCUT2D eigenvalue weighted by Crippen LogP contribution is 2.44. The minimum Gasteiger partial charge on any atom is -0.493 e. The maximum atomic E-state index is 5.75. The van der Waals surface area contributed by atoms with Crippen LogP contribution in [0.1, 0.15) is 24.5 Å². The van der Waals surface area contributed by atoms with E-state index in [9.17, 15) is 0 Å². The number of hydrogen-bond donors (Lipinski definition) is 0. The summed E-state index contributed by atoms with van der Waals surface area (Å²) < 4.78 is 5.75. The van der Waals surface area contributed by atoms with Gasteiger partial charge in [0.2, 0.25) is 0 Å². The minimum atomic E-state index is 0.827. The highest BCUT2D eigenvalue weighted by molar-refractivity contribution is 5.86. The lowest BCUT2D eigenvalue weighted by molar-refractivity contribution is 0.316. The van der Waals surface area contributed by atoms with Gasteiger partial charge in [-0.2, -0.15) is 0 Å². The Bertz CT molecular complexity index is 462. The van der Waals surface area contributed by atoms with Crippen molar-refractivity contribution in [3.8, 4) is 5.75 Å². The molecule has 0 atom stereocenters. The summed E-state index contributed by atoms with van der Waals surface area (Å²) in [7, 11) is 2.16. The first-order valence-corrected chi connectivity index (χ1v) is 6.00. The molecule has 0 saturated carbocycles. The molecule has 0 unspecified atom stereocenters. The molecule has 84 valence electrons. The van der Waals surface area contributed by atoms with Crippen LogP contribution < -0.4 is 9.64 Å². The van der Waals surface area contributed by atoms with E-state index < -0.39 is 0 Å². The number of likely N-dealkylation sites (N-methyl/N-ethyl adjacent to an activating group) is 1. The summed E-state index contributed by atoms with van der Waals surface area (Å²) in [5.41, 5.74) is 5.64. The first-order chi connectivity index (χ1) is 7.81. The van der Waals surface area contributed by atoms with E-state index in [1.54, 1.807) is 0 Å². The third kappa shape index (κ3) is 1.26. The van der Waals surface area contributed by atoms with Crippen LogP contribution in [-0.4, -0.2) is 20.2 Å². The second-order valence-corrected chi connectivity index (χ2v) is 4.51. The van der Waals surface area contributed by atoms with Crippen molar-refractivity contribution < 1.29 is 4.74 Å². The van der Waals surface area contributed by atoms with Crippen molar-refractivity contribution in [2.24, 2.45) is 0 Å². The predicted molar refractivity (Wildman–Crippen MR) is 67.2 cm³/mol. The lowest BCUT2D eigenvalue weighted by Crippen LogP contribution is -2.26. The topological polar surface area (TPSA) is 12.5 Å². The first kappa shape index (κ1) is 9.76. The van der Waals surface area contributed by atoms with E-state index in [0.29, 0.717) is 0 Å². The van der Waals surface area contributed by atoms with Crippen molar-refractivity contribution in [1.82, 2.24) is 0 Å². The SMILES string of the molecule is CCc1ccc2c3c1N(C)CC=C3CCO2. The number of ether oxygens (including phenoxy) is 1. The van der Waals surface area contributed by atoms with Crippen LogP contribution >= 0.6 is 0 Å². The van der Waals surface area contributed by atoms with Crippen LogP contribution in [0.4, 0.5) is 5.69 Å². The first-order valence-electron chi connectivity index (χ1n) is 6.00. The molecule has 0 fully saturated rings. The van der Waals surface area contributed by atoms with Crippen LogP contribution in [0.5, 0.6) is 5.75 Å². The van der Waals surface area contributed by atoms with E-state index in [1.807, 2.05) is 0 Å². The van der Waals surface area contributed by atoms with E-state index in [-0.39, 0.29) is 0 Å². The number of rotatable bonds is 1. The second kappa shape index (κ2) is 3.55. The fourth-order valence-corrected chi connectivity index (χ4v) is 2.71. The maximum Gasteiger partial charge on any atom is 0.128 e. The van der Waals surface area contributed by atoms with E-state index in [1.165, 1.54) is 22.4 Å². The summed E-state index contributed by atoms with van der Waals surface area (Å²) in [4.78, 5) is 2.33. The van der Waals surface area contributed by atoms with Crippen molar-refractivity contribution >= 4 is 11.3 Å². The van der Waals surface area contributed by atoms with Gasteiger partial charge in [0.1, 0.15) is 5.75 Å². The molecule has 1 aromatic rings. The van der Waals surface area contributed by atoms with Crippen molar-refractivity contribution in [2.75, 3.05) is 25.1 Å². The zero-order chi connectivity index (χ0) is 11.1. The van der Waals surface area contributed by atoms with Crippen LogP contribution in [0.2, 0.25) is 0 Å². The Labute approximate surface area is 96.5 Å². The number of aryl methyl sites for hydroxylation is 1. The third-order valence-corrected chi connectivity index (χ3v) is 3.55. The zero-order valence-electron chi connectivity index (χ0n) is 9.92. The van der Waals surface area contributed by atoms with Crippen LogP contribution in [0, 0.1) is 0 Å². The number of anilines is 1. The van der Waals surface area contributed by atoms with Crippen molar-refractivity contribution in [1.29, 1.82) is 0 Å². The molecule has 0 bridgehead atoms. The molecule has 0 spiro atoms. The summed E-state index contributed by atoms with van der Waals surface area (Å²) in [6, 6.07) is 4.34. The average molecular weight is 215 g/mol. The van der Waals surface area contributed by atoms with Gasteiger partial charge in [0.25, 0.3) is 0 Å². The largest absolute Gasteiger partial charge is 0.493 e. The average Bonchev–Trinajstić information content (AvgIpc) is 2.33. The molecule has 2 aliphatic rings. The van der Waals surface area contributed by atoms with Gasteiger partial charge >= 0.3 is 0 Å². The van der Waals surface area contributed by atoms with Crippen molar-refractivity contribution in [3.63, 3.8) is 0 Å². The van der Waals surface area contributed by atoms with Crippen LogP contribution in [0.15, 0.2) is 18.2 Å². The van der Waals surface area contributed by atoms with Gasteiger partial charge in [0, 0.05) is 25.6 Å². The molecule has 2 nitrogen and oxygen atoms in total. The standard InChI is InChI=1S/C14H17NO/c1-3-10-4-5-12-13-11(7-9-16-12)6-8-15(2)14(10)13/h4-6H,3,7-9H2,1-2H3. The van der Waals surface area contributed by atoms with Gasteiger partial charge in [-0.25, -0.2) is 0 Å². The molecule has 0 N–H and O–H groups in total. The summed E-state index contributed by atoms with van der Waals surface area (Å²) in [5, 5.41) is 0. The Morgan fingerprint density at radius 1 is 1.38 bits per heavy atom. The third-order valence-electron chi connectivity index (χ3n) is 3.55. The van der Waals surface area contributed by atoms with E-state index in [4.69, 9.17) is 4.74 Å². The fourth-order valence-electron chi connectivity index (χ4n) is 2.71. The Balaban J connectivity index is 2.28. The van der Waals surface area contributed by atoms with Gasteiger partial charge in [-0.3, -0.25) is 0 Å². The molecule has 0 aromatic heterocycles. The molecule has 0 saturated heterocycles. The Hall–Kier alpha value is -1.44. The van der Waals surface area contributed by atoms with Crippen molar-refractivity contribution in [3.05, 3.63) is 29.3 Å². The number of hydrogen-bond acceptors (Lipinski definition) is 2. The monoisotopic (exact) mass is 215 g/mol. The molecule has 1 aromatic carbocycles. The molecule has 16 heavy (non-hydrogen) atoms. The normalized spacial score (nSPS) is 17.6. The van der Waals surface area contributed by atoms with Gasteiger partial charge in [-0.05, 0) is 23.6 Å². The molecule has 2 aliphatic heterocycles. The number of nitrogens with zero attached hydrogens (tertiary/aromatic N) is 1. The van der Waals surface area contributed by atoms with Crippen LogP contribution in [0.25, 0.3) is 5.57 Å². The van der Waals surface area contributed by atoms with Gasteiger partial charge < -0.3 is 9.64 Å². The quantitative estimate of drug-likeness (QED) is 0.714. The van der Waals surface area contributed by atoms with E-state index in [2.05, 4.69) is 37.1 Å². The molecule has 0 aliphatic carbocycles. The van der Waals surface area contributed by atoms with Gasteiger partial charge in [-0.1, -0.05) is 19.1 Å². The fraction of sp³-hybridized carbons (Fsp3) is 0.429. The summed E-state index contributed by atoms with van der Waals surface area (Å²) >= 11 is 0. The minimum absolute atomic E-state index is 0.827. The maximum absolute atomic E-state index is 5.75. The van der Waals surface area contributed by atoms with Crippen LogP contribution in [0.3, 0.4) is 0 Å². The Morgan fingerprint density at radius 2 is 2.25 bits per heavy atom. The molecular weight excluding hydrogens is 198 g/mol. The van der Waals surface area contributed by atoms with Gasteiger partial charge in [0.15, 0.2) is 0 Å². The Morgan fingerprint density at radius 3 is 3.06 bits per heavy atom. The van der Waals surface area contributed by atoms with Gasteiger partial charge in [-0.15, -0.1) is 0 Å².